The lowest BCUT2D eigenvalue weighted by molar-refractivity contribution is -0.126. The molecule has 1 atom stereocenters. The van der Waals surface area contributed by atoms with E-state index in [-0.39, 0.29) is 18.6 Å². The van der Waals surface area contributed by atoms with Crippen molar-refractivity contribution in [1.29, 1.82) is 0 Å². The van der Waals surface area contributed by atoms with Crippen molar-refractivity contribution in [3.05, 3.63) is 69.2 Å². The lowest BCUT2D eigenvalue weighted by atomic mass is 9.88. The van der Waals surface area contributed by atoms with Crippen molar-refractivity contribution < 1.29 is 9.63 Å². The van der Waals surface area contributed by atoms with E-state index in [1.807, 2.05) is 12.1 Å². The Hall–Kier alpha value is -2.04. The standard InChI is InChI=1S/C19H18Cl2N2O2/c20-15-9-8-14(17(21)10-15)11-22-25-12-19(24)23-18-7-3-5-13-4-1-2-6-16(13)18/h1-2,4,6,8-11,18H,3,5,7,12H2,(H,23,24)/b22-11-/t18-/m1/s1. The van der Waals surface area contributed by atoms with E-state index in [0.29, 0.717) is 15.6 Å². The van der Waals surface area contributed by atoms with Crippen LogP contribution in [0.2, 0.25) is 10.0 Å². The van der Waals surface area contributed by atoms with Crippen molar-refractivity contribution in [2.45, 2.75) is 25.3 Å². The molecule has 0 heterocycles. The number of nitrogens with zero attached hydrogens (tertiary/aromatic N) is 1. The van der Waals surface area contributed by atoms with Gasteiger partial charge < -0.3 is 10.2 Å². The number of amides is 1. The second-order valence-electron chi connectivity index (χ2n) is 5.88. The summed E-state index contributed by atoms with van der Waals surface area (Å²) in [5.74, 6) is -0.193. The van der Waals surface area contributed by atoms with Crippen LogP contribution in [0.1, 0.15) is 35.6 Å². The van der Waals surface area contributed by atoms with E-state index < -0.39 is 0 Å². The van der Waals surface area contributed by atoms with Gasteiger partial charge in [0.05, 0.1) is 17.3 Å². The second-order valence-corrected chi connectivity index (χ2v) is 6.73. The topological polar surface area (TPSA) is 50.7 Å². The maximum absolute atomic E-state index is 12.1. The smallest absolute Gasteiger partial charge is 0.261 e. The Balaban J connectivity index is 1.51. The molecule has 1 aliphatic rings. The zero-order chi connectivity index (χ0) is 17.6. The number of aryl methyl sites for hydroxylation is 1. The molecule has 4 nitrogen and oxygen atoms in total. The number of benzene rings is 2. The molecule has 2 aromatic carbocycles. The number of rotatable bonds is 5. The van der Waals surface area contributed by atoms with E-state index in [4.69, 9.17) is 28.0 Å². The average molecular weight is 377 g/mol. The van der Waals surface area contributed by atoms with Crippen LogP contribution in [0.4, 0.5) is 0 Å². The highest BCUT2D eigenvalue weighted by atomic mass is 35.5. The van der Waals surface area contributed by atoms with Gasteiger partial charge in [0.1, 0.15) is 0 Å². The molecule has 0 spiro atoms. The Labute approximate surface area is 156 Å². The van der Waals surface area contributed by atoms with Gasteiger partial charge in [-0.05, 0) is 42.5 Å². The van der Waals surface area contributed by atoms with Gasteiger partial charge in [0.25, 0.3) is 5.91 Å². The number of fused-ring (bicyclic) bond motifs is 1. The molecule has 3 rings (SSSR count). The van der Waals surface area contributed by atoms with Gasteiger partial charge in [0, 0.05) is 10.6 Å². The average Bonchev–Trinajstić information content (AvgIpc) is 2.60. The van der Waals surface area contributed by atoms with Crippen LogP contribution in [0.15, 0.2) is 47.6 Å². The molecule has 2 aromatic rings. The van der Waals surface area contributed by atoms with Crippen LogP contribution in [0.5, 0.6) is 0 Å². The maximum Gasteiger partial charge on any atom is 0.261 e. The van der Waals surface area contributed by atoms with Gasteiger partial charge in [0.15, 0.2) is 6.61 Å². The third-order valence-electron chi connectivity index (χ3n) is 4.13. The summed E-state index contributed by atoms with van der Waals surface area (Å²) in [6.07, 6.45) is 4.52. The fraction of sp³-hybridized carbons (Fsp3) is 0.263. The molecule has 1 N–H and O–H groups in total. The highest BCUT2D eigenvalue weighted by Gasteiger charge is 2.21. The third kappa shape index (κ3) is 4.74. The molecule has 0 saturated carbocycles. The van der Waals surface area contributed by atoms with Crippen LogP contribution in [0.25, 0.3) is 0 Å². The molecule has 0 unspecified atom stereocenters. The highest BCUT2D eigenvalue weighted by molar-refractivity contribution is 6.36. The van der Waals surface area contributed by atoms with E-state index in [9.17, 15) is 4.79 Å². The highest BCUT2D eigenvalue weighted by Crippen LogP contribution is 2.29. The van der Waals surface area contributed by atoms with Crippen molar-refractivity contribution in [1.82, 2.24) is 5.32 Å². The molecular formula is C19H18Cl2N2O2. The molecule has 0 radical (unpaired) electrons. The number of carbonyl (C=O) groups is 1. The molecule has 1 amide bonds. The molecule has 0 aromatic heterocycles. The van der Waals surface area contributed by atoms with Gasteiger partial charge in [-0.15, -0.1) is 0 Å². The van der Waals surface area contributed by atoms with Crippen LogP contribution in [0, 0.1) is 0 Å². The van der Waals surface area contributed by atoms with E-state index in [2.05, 4.69) is 22.6 Å². The van der Waals surface area contributed by atoms with E-state index in [0.717, 1.165) is 19.3 Å². The molecule has 1 aliphatic carbocycles. The Kier molecular flexibility index (Phi) is 5.95. The first kappa shape index (κ1) is 17.8. The summed E-state index contributed by atoms with van der Waals surface area (Å²) in [6.45, 7) is -0.139. The minimum atomic E-state index is -0.193. The predicted octanol–water partition coefficient (Wildman–Crippen LogP) is 4.54. The molecule has 0 aliphatic heterocycles. The normalized spacial score (nSPS) is 16.5. The summed E-state index contributed by atoms with van der Waals surface area (Å²) in [7, 11) is 0. The summed E-state index contributed by atoms with van der Waals surface area (Å²) >= 11 is 11.9. The van der Waals surface area contributed by atoms with Crippen LogP contribution < -0.4 is 5.32 Å². The molecular weight excluding hydrogens is 359 g/mol. The van der Waals surface area contributed by atoms with Crippen LogP contribution in [-0.2, 0) is 16.1 Å². The Morgan fingerprint density at radius 1 is 1.28 bits per heavy atom. The van der Waals surface area contributed by atoms with E-state index in [1.54, 1.807) is 18.2 Å². The minimum absolute atomic E-state index is 0.0377. The Bertz CT molecular complexity index is 793. The molecule has 130 valence electrons. The van der Waals surface area contributed by atoms with Crippen LogP contribution >= 0.6 is 23.2 Å². The first-order valence-electron chi connectivity index (χ1n) is 8.11. The predicted molar refractivity (Wildman–Crippen MR) is 100 cm³/mol. The number of oxime groups is 1. The van der Waals surface area contributed by atoms with Gasteiger partial charge in [-0.2, -0.15) is 0 Å². The third-order valence-corrected chi connectivity index (χ3v) is 4.69. The Morgan fingerprint density at radius 3 is 2.96 bits per heavy atom. The van der Waals surface area contributed by atoms with Crippen LogP contribution in [-0.4, -0.2) is 18.7 Å². The fourth-order valence-electron chi connectivity index (χ4n) is 2.94. The first-order valence-corrected chi connectivity index (χ1v) is 8.86. The number of hydrogen-bond donors (Lipinski definition) is 1. The number of nitrogens with one attached hydrogen (secondary N) is 1. The molecule has 0 fully saturated rings. The Morgan fingerprint density at radius 2 is 2.12 bits per heavy atom. The summed E-state index contributed by atoms with van der Waals surface area (Å²) in [6, 6.07) is 13.3. The summed E-state index contributed by atoms with van der Waals surface area (Å²) < 4.78 is 0. The van der Waals surface area contributed by atoms with Gasteiger partial charge in [-0.1, -0.05) is 58.7 Å². The molecule has 0 saturated heterocycles. The van der Waals surface area contributed by atoms with Crippen molar-refractivity contribution in [3.8, 4) is 0 Å². The van der Waals surface area contributed by atoms with Gasteiger partial charge >= 0.3 is 0 Å². The van der Waals surface area contributed by atoms with Gasteiger partial charge in [-0.3, -0.25) is 4.79 Å². The van der Waals surface area contributed by atoms with E-state index >= 15 is 0 Å². The monoisotopic (exact) mass is 376 g/mol. The zero-order valence-corrected chi connectivity index (χ0v) is 15.1. The largest absolute Gasteiger partial charge is 0.386 e. The summed E-state index contributed by atoms with van der Waals surface area (Å²) in [5, 5.41) is 7.83. The van der Waals surface area contributed by atoms with Crippen molar-refractivity contribution in [3.63, 3.8) is 0 Å². The number of halogens is 2. The van der Waals surface area contributed by atoms with Gasteiger partial charge in [0.2, 0.25) is 0 Å². The maximum atomic E-state index is 12.1. The number of hydrogen-bond acceptors (Lipinski definition) is 3. The summed E-state index contributed by atoms with van der Waals surface area (Å²) in [4.78, 5) is 17.2. The quantitative estimate of drug-likeness (QED) is 0.615. The first-order chi connectivity index (χ1) is 12.1. The lowest BCUT2D eigenvalue weighted by Crippen LogP contribution is -2.33. The SMILES string of the molecule is O=C(CO/N=C\c1ccc(Cl)cc1Cl)N[C@@H]1CCCc2ccccc21. The number of carbonyl (C=O) groups excluding carboxylic acids is 1. The van der Waals surface area contributed by atoms with Crippen LogP contribution in [0.3, 0.4) is 0 Å². The van der Waals surface area contributed by atoms with E-state index in [1.165, 1.54) is 17.3 Å². The molecule has 0 bridgehead atoms. The lowest BCUT2D eigenvalue weighted by Gasteiger charge is -2.26. The molecule has 6 heteroatoms. The summed E-state index contributed by atoms with van der Waals surface area (Å²) in [5.41, 5.74) is 3.17. The zero-order valence-electron chi connectivity index (χ0n) is 13.5. The van der Waals surface area contributed by atoms with Crippen molar-refractivity contribution in [2.24, 2.45) is 5.16 Å². The second kappa shape index (κ2) is 8.37. The molecule has 25 heavy (non-hydrogen) atoms. The van der Waals surface area contributed by atoms with Gasteiger partial charge in [-0.25, -0.2) is 0 Å². The van der Waals surface area contributed by atoms with Crippen molar-refractivity contribution in [2.75, 3.05) is 6.61 Å². The fourth-order valence-corrected chi connectivity index (χ4v) is 3.39. The van der Waals surface area contributed by atoms with Crippen molar-refractivity contribution >= 4 is 35.3 Å². The minimum Gasteiger partial charge on any atom is -0.386 e.